The smallest absolute Gasteiger partial charge is 0.273 e. The van der Waals surface area contributed by atoms with Crippen molar-refractivity contribution in [2.24, 2.45) is 0 Å². The number of carbonyl (C=O) groups is 1. The van der Waals surface area contributed by atoms with Gasteiger partial charge in [0.1, 0.15) is 23.1 Å². The number of fused-ring (bicyclic) bond motifs is 1. The number of benzene rings is 1. The first-order valence-electron chi connectivity index (χ1n) is 7.54. The number of aromatic nitrogens is 1. The van der Waals surface area contributed by atoms with Gasteiger partial charge in [0.05, 0.1) is 19.9 Å². The van der Waals surface area contributed by atoms with Crippen LogP contribution in [0.4, 0.5) is 0 Å². The maximum atomic E-state index is 12.7. The highest BCUT2D eigenvalue weighted by atomic mass is 16.5. The van der Waals surface area contributed by atoms with E-state index in [-0.39, 0.29) is 11.3 Å². The topological polar surface area (TPSA) is 81.3 Å². The summed E-state index contributed by atoms with van der Waals surface area (Å²) in [6.45, 7) is 0. The molecule has 1 heterocycles. The Balaban J connectivity index is 2.36. The minimum absolute atomic E-state index is 0.0450. The summed E-state index contributed by atoms with van der Waals surface area (Å²) in [6, 6.07) is 8.36. The molecule has 0 aliphatic heterocycles. The second-order valence-electron chi connectivity index (χ2n) is 5.52. The molecule has 1 aliphatic rings. The maximum Gasteiger partial charge on any atom is 0.273 e. The van der Waals surface area contributed by atoms with Crippen LogP contribution in [-0.2, 0) is 6.42 Å². The van der Waals surface area contributed by atoms with Crippen molar-refractivity contribution in [3.05, 3.63) is 51.4 Å². The molecule has 122 valence electrons. The number of ketones is 1. The van der Waals surface area contributed by atoms with Gasteiger partial charge in [0.25, 0.3) is 5.56 Å². The normalized spacial score (nSPS) is 13.1. The zero-order valence-corrected chi connectivity index (χ0v) is 13.5. The van der Waals surface area contributed by atoms with Crippen LogP contribution in [0, 0.1) is 11.3 Å². The summed E-state index contributed by atoms with van der Waals surface area (Å²) in [4.78, 5) is 24.9. The minimum Gasteiger partial charge on any atom is -0.497 e. The second kappa shape index (κ2) is 6.20. The monoisotopic (exact) mass is 324 g/mol. The molecular formula is C18H16N2O4. The number of hydrogen-bond acceptors (Lipinski definition) is 5. The molecule has 0 atom stereocenters. The number of ether oxygens (including phenoxy) is 2. The standard InChI is InChI=1S/C18H16N2O4/c1-23-13-7-12(8-14(9-13)24-2)20-16-4-3-5-17(21)15(16)6-11(10-19)18(20)22/h6-9H,3-5H2,1-2H3. The number of rotatable bonds is 3. The van der Waals surface area contributed by atoms with Crippen LogP contribution >= 0.6 is 0 Å². The van der Waals surface area contributed by atoms with Crippen LogP contribution in [-0.4, -0.2) is 24.6 Å². The lowest BCUT2D eigenvalue weighted by atomic mass is 9.93. The predicted octanol–water partition coefficient (Wildman–Crippen LogP) is 2.25. The molecule has 0 fully saturated rings. The van der Waals surface area contributed by atoms with Crippen molar-refractivity contribution in [3.8, 4) is 23.3 Å². The van der Waals surface area contributed by atoms with Crippen molar-refractivity contribution in [2.75, 3.05) is 14.2 Å². The highest BCUT2D eigenvalue weighted by Gasteiger charge is 2.24. The summed E-state index contributed by atoms with van der Waals surface area (Å²) >= 11 is 0. The summed E-state index contributed by atoms with van der Waals surface area (Å²) in [5, 5.41) is 9.26. The van der Waals surface area contributed by atoms with Gasteiger partial charge in [-0.15, -0.1) is 0 Å². The van der Waals surface area contributed by atoms with Gasteiger partial charge in [0, 0.05) is 35.9 Å². The molecule has 0 unspecified atom stereocenters. The van der Waals surface area contributed by atoms with Crippen molar-refractivity contribution in [1.82, 2.24) is 4.57 Å². The maximum absolute atomic E-state index is 12.7. The van der Waals surface area contributed by atoms with Crippen molar-refractivity contribution in [3.63, 3.8) is 0 Å². The van der Waals surface area contributed by atoms with Crippen molar-refractivity contribution >= 4 is 5.78 Å². The first-order chi connectivity index (χ1) is 11.6. The van der Waals surface area contributed by atoms with Crippen molar-refractivity contribution in [1.29, 1.82) is 5.26 Å². The SMILES string of the molecule is COc1cc(OC)cc(-n2c3c(cc(C#N)c2=O)C(=O)CCC3)c1. The van der Waals surface area contributed by atoms with Crippen LogP contribution in [0.15, 0.2) is 29.1 Å². The molecule has 3 rings (SSSR count). The zero-order valence-electron chi connectivity index (χ0n) is 13.5. The van der Waals surface area contributed by atoms with Gasteiger partial charge < -0.3 is 9.47 Å². The Morgan fingerprint density at radius 3 is 2.29 bits per heavy atom. The molecule has 0 radical (unpaired) electrons. The Labute approximate surface area is 138 Å². The van der Waals surface area contributed by atoms with E-state index in [1.807, 2.05) is 6.07 Å². The highest BCUT2D eigenvalue weighted by Crippen LogP contribution is 2.28. The number of methoxy groups -OCH3 is 2. The Morgan fingerprint density at radius 2 is 1.71 bits per heavy atom. The van der Waals surface area contributed by atoms with Gasteiger partial charge in [0.2, 0.25) is 0 Å². The fourth-order valence-electron chi connectivity index (χ4n) is 2.97. The summed E-state index contributed by atoms with van der Waals surface area (Å²) in [7, 11) is 3.04. The molecule has 2 aromatic rings. The molecule has 1 aromatic heterocycles. The van der Waals surface area contributed by atoms with E-state index < -0.39 is 5.56 Å². The van der Waals surface area contributed by atoms with Crippen LogP contribution in [0.1, 0.15) is 34.5 Å². The van der Waals surface area contributed by atoms with Gasteiger partial charge in [-0.25, -0.2) is 0 Å². The third-order valence-corrected chi connectivity index (χ3v) is 4.14. The Bertz CT molecular complexity index is 900. The molecule has 0 amide bonds. The Morgan fingerprint density at radius 1 is 1.04 bits per heavy atom. The number of Topliss-reactive ketones (excluding diaryl/α,β-unsaturated/α-hetero) is 1. The molecule has 24 heavy (non-hydrogen) atoms. The van der Waals surface area contributed by atoms with Gasteiger partial charge in [0.15, 0.2) is 5.78 Å². The molecule has 0 saturated carbocycles. The molecule has 0 bridgehead atoms. The van der Waals surface area contributed by atoms with E-state index in [4.69, 9.17) is 9.47 Å². The summed E-state index contributed by atoms with van der Waals surface area (Å²) in [5.74, 6) is 1.00. The largest absolute Gasteiger partial charge is 0.497 e. The van der Waals surface area contributed by atoms with Gasteiger partial charge in [-0.1, -0.05) is 0 Å². The third-order valence-electron chi connectivity index (χ3n) is 4.14. The van der Waals surface area contributed by atoms with Crippen LogP contribution in [0.5, 0.6) is 11.5 Å². The average Bonchev–Trinajstić information content (AvgIpc) is 2.61. The lowest BCUT2D eigenvalue weighted by molar-refractivity contribution is 0.0971. The van der Waals surface area contributed by atoms with E-state index in [1.165, 1.54) is 24.9 Å². The van der Waals surface area contributed by atoms with Crippen LogP contribution in [0.25, 0.3) is 5.69 Å². The lowest BCUT2D eigenvalue weighted by Crippen LogP contribution is -2.29. The summed E-state index contributed by atoms with van der Waals surface area (Å²) in [5.41, 5.74) is 1.09. The first kappa shape index (κ1) is 15.8. The zero-order chi connectivity index (χ0) is 17.3. The number of nitrogens with zero attached hydrogens (tertiary/aromatic N) is 2. The molecule has 0 spiro atoms. The van der Waals surface area contributed by atoms with E-state index in [0.29, 0.717) is 47.7 Å². The number of pyridine rings is 1. The Kier molecular flexibility index (Phi) is 4.09. The average molecular weight is 324 g/mol. The van der Waals surface area contributed by atoms with Gasteiger partial charge >= 0.3 is 0 Å². The molecule has 0 saturated heterocycles. The molecular weight excluding hydrogens is 308 g/mol. The predicted molar refractivity (Wildman–Crippen MR) is 87.1 cm³/mol. The van der Waals surface area contributed by atoms with E-state index in [2.05, 4.69) is 0 Å². The number of nitriles is 1. The lowest BCUT2D eigenvalue weighted by Gasteiger charge is -2.21. The van der Waals surface area contributed by atoms with E-state index in [9.17, 15) is 14.9 Å². The minimum atomic E-state index is -0.443. The van der Waals surface area contributed by atoms with E-state index in [1.54, 1.807) is 18.2 Å². The van der Waals surface area contributed by atoms with Crippen molar-refractivity contribution < 1.29 is 14.3 Å². The molecule has 1 aromatic carbocycles. The Hall–Kier alpha value is -3.07. The van der Waals surface area contributed by atoms with Gasteiger partial charge in [-0.05, 0) is 18.9 Å². The quantitative estimate of drug-likeness (QED) is 0.865. The van der Waals surface area contributed by atoms with Crippen LogP contribution in [0.3, 0.4) is 0 Å². The number of carbonyl (C=O) groups excluding carboxylic acids is 1. The highest BCUT2D eigenvalue weighted by molar-refractivity contribution is 5.98. The second-order valence-corrected chi connectivity index (χ2v) is 5.52. The van der Waals surface area contributed by atoms with Crippen molar-refractivity contribution in [2.45, 2.75) is 19.3 Å². The van der Waals surface area contributed by atoms with Gasteiger partial charge in [-0.3, -0.25) is 14.2 Å². The first-order valence-corrected chi connectivity index (χ1v) is 7.54. The van der Waals surface area contributed by atoms with Crippen LogP contribution < -0.4 is 15.0 Å². The molecule has 0 N–H and O–H groups in total. The fraction of sp³-hybridized carbons (Fsp3) is 0.278. The molecule has 6 nitrogen and oxygen atoms in total. The van der Waals surface area contributed by atoms with Crippen LogP contribution in [0.2, 0.25) is 0 Å². The molecule has 6 heteroatoms. The molecule has 1 aliphatic carbocycles. The summed E-state index contributed by atoms with van der Waals surface area (Å²) < 4.78 is 11.9. The number of hydrogen-bond donors (Lipinski definition) is 0. The van der Waals surface area contributed by atoms with E-state index >= 15 is 0 Å². The fourth-order valence-corrected chi connectivity index (χ4v) is 2.97. The van der Waals surface area contributed by atoms with Gasteiger partial charge in [-0.2, -0.15) is 5.26 Å². The summed E-state index contributed by atoms with van der Waals surface area (Å²) in [6.07, 6.45) is 1.71. The third kappa shape index (κ3) is 2.54. The van der Waals surface area contributed by atoms with E-state index in [0.717, 1.165) is 0 Å².